The maximum absolute atomic E-state index is 12.6. The predicted molar refractivity (Wildman–Crippen MR) is 76.1 cm³/mol. The normalized spacial score (nSPS) is 11.2. The Kier molecular flexibility index (Phi) is 4.62. The standard InChI is InChI=1S/C14H10BrF3N2O/c15-10-4-5-11(9(7-10)8-14(16,17)18)13(21)20-12-3-1-2-6-19-12/h1-7H,8H2,(H,19,20,21). The predicted octanol–water partition coefficient (Wildman–Crippen LogP) is 4.20. The molecule has 110 valence electrons. The van der Waals surface area contributed by atoms with Gasteiger partial charge in [-0.2, -0.15) is 13.2 Å². The van der Waals surface area contributed by atoms with Crippen molar-refractivity contribution < 1.29 is 18.0 Å². The largest absolute Gasteiger partial charge is 0.393 e. The summed E-state index contributed by atoms with van der Waals surface area (Å²) in [5.41, 5.74) is -0.119. The number of alkyl halides is 3. The number of amides is 1. The van der Waals surface area contributed by atoms with Crippen LogP contribution in [0.3, 0.4) is 0 Å². The molecule has 0 aliphatic rings. The van der Waals surface area contributed by atoms with Gasteiger partial charge in [0.15, 0.2) is 0 Å². The van der Waals surface area contributed by atoms with Crippen molar-refractivity contribution in [2.24, 2.45) is 0 Å². The Morgan fingerprint density at radius 3 is 2.62 bits per heavy atom. The monoisotopic (exact) mass is 358 g/mol. The van der Waals surface area contributed by atoms with Crippen LogP contribution in [0.5, 0.6) is 0 Å². The molecule has 3 nitrogen and oxygen atoms in total. The van der Waals surface area contributed by atoms with Gasteiger partial charge in [-0.15, -0.1) is 0 Å². The van der Waals surface area contributed by atoms with Crippen LogP contribution >= 0.6 is 15.9 Å². The molecule has 2 rings (SSSR count). The number of carbonyl (C=O) groups is 1. The number of aromatic nitrogens is 1. The van der Waals surface area contributed by atoms with Crippen molar-refractivity contribution in [3.05, 3.63) is 58.2 Å². The third kappa shape index (κ3) is 4.56. The number of nitrogens with zero attached hydrogens (tertiary/aromatic N) is 1. The zero-order chi connectivity index (χ0) is 15.5. The van der Waals surface area contributed by atoms with Crippen molar-refractivity contribution in [3.8, 4) is 0 Å². The smallest absolute Gasteiger partial charge is 0.307 e. The fourth-order valence-corrected chi connectivity index (χ4v) is 2.17. The van der Waals surface area contributed by atoms with Crippen LogP contribution in [0.15, 0.2) is 47.1 Å². The molecule has 0 unspecified atom stereocenters. The average Bonchev–Trinajstić information content (AvgIpc) is 2.37. The Morgan fingerprint density at radius 2 is 2.00 bits per heavy atom. The number of hydrogen-bond acceptors (Lipinski definition) is 2. The van der Waals surface area contributed by atoms with Crippen molar-refractivity contribution in [2.75, 3.05) is 5.32 Å². The van der Waals surface area contributed by atoms with Gasteiger partial charge in [-0.3, -0.25) is 4.79 Å². The van der Waals surface area contributed by atoms with Gasteiger partial charge in [0.05, 0.1) is 6.42 Å². The van der Waals surface area contributed by atoms with E-state index < -0.39 is 18.5 Å². The van der Waals surface area contributed by atoms with E-state index in [-0.39, 0.29) is 16.9 Å². The first-order chi connectivity index (χ1) is 9.85. The Bertz CT molecular complexity index is 644. The second-order valence-electron chi connectivity index (χ2n) is 4.26. The van der Waals surface area contributed by atoms with Gasteiger partial charge < -0.3 is 5.32 Å². The molecule has 1 N–H and O–H groups in total. The number of nitrogens with one attached hydrogen (secondary N) is 1. The minimum absolute atomic E-state index is 0.0267. The van der Waals surface area contributed by atoms with Gasteiger partial charge in [-0.25, -0.2) is 4.98 Å². The number of anilines is 1. The van der Waals surface area contributed by atoms with E-state index in [9.17, 15) is 18.0 Å². The zero-order valence-corrected chi connectivity index (χ0v) is 12.2. The Labute approximate surface area is 127 Å². The third-order valence-electron chi connectivity index (χ3n) is 2.61. The number of carbonyl (C=O) groups excluding carboxylic acids is 1. The molecule has 2 aromatic rings. The topological polar surface area (TPSA) is 42.0 Å². The molecule has 1 aromatic carbocycles. The molecule has 1 aromatic heterocycles. The van der Waals surface area contributed by atoms with Crippen molar-refractivity contribution >= 4 is 27.7 Å². The summed E-state index contributed by atoms with van der Waals surface area (Å²) >= 11 is 3.11. The second-order valence-corrected chi connectivity index (χ2v) is 5.18. The maximum atomic E-state index is 12.6. The van der Waals surface area contributed by atoms with E-state index in [1.165, 1.54) is 24.4 Å². The van der Waals surface area contributed by atoms with Gasteiger partial charge >= 0.3 is 6.18 Å². The molecular formula is C14H10BrF3N2O. The van der Waals surface area contributed by atoms with Crippen molar-refractivity contribution in [1.82, 2.24) is 4.98 Å². The molecule has 0 atom stereocenters. The van der Waals surface area contributed by atoms with E-state index >= 15 is 0 Å². The summed E-state index contributed by atoms with van der Waals surface area (Å²) in [4.78, 5) is 16.0. The molecule has 0 saturated carbocycles. The van der Waals surface area contributed by atoms with Gasteiger partial charge in [0, 0.05) is 16.2 Å². The summed E-state index contributed by atoms with van der Waals surface area (Å²) < 4.78 is 38.2. The van der Waals surface area contributed by atoms with E-state index in [0.717, 1.165) is 0 Å². The molecule has 0 aliphatic heterocycles. The molecule has 0 radical (unpaired) electrons. The maximum Gasteiger partial charge on any atom is 0.393 e. The first-order valence-electron chi connectivity index (χ1n) is 5.93. The molecular weight excluding hydrogens is 349 g/mol. The molecule has 7 heteroatoms. The van der Waals surface area contributed by atoms with Gasteiger partial charge in [0.2, 0.25) is 0 Å². The molecule has 0 bridgehead atoms. The first-order valence-corrected chi connectivity index (χ1v) is 6.72. The van der Waals surface area contributed by atoms with E-state index in [4.69, 9.17) is 0 Å². The summed E-state index contributed by atoms with van der Waals surface area (Å²) in [7, 11) is 0. The molecule has 1 amide bonds. The van der Waals surface area contributed by atoms with E-state index in [1.807, 2.05) is 0 Å². The zero-order valence-electron chi connectivity index (χ0n) is 10.6. The van der Waals surface area contributed by atoms with E-state index in [2.05, 4.69) is 26.2 Å². The Hall–Kier alpha value is -1.89. The highest BCUT2D eigenvalue weighted by Crippen LogP contribution is 2.26. The summed E-state index contributed by atoms with van der Waals surface area (Å²) in [6.07, 6.45) is -4.08. The molecule has 0 spiro atoms. The number of pyridine rings is 1. The minimum atomic E-state index is -4.39. The molecule has 0 saturated heterocycles. The Balaban J connectivity index is 2.28. The highest BCUT2D eigenvalue weighted by molar-refractivity contribution is 9.10. The molecule has 0 aliphatic carbocycles. The van der Waals surface area contributed by atoms with Crippen molar-refractivity contribution in [1.29, 1.82) is 0 Å². The lowest BCUT2D eigenvalue weighted by Crippen LogP contribution is -2.19. The average molecular weight is 359 g/mol. The second kappa shape index (κ2) is 6.26. The third-order valence-corrected chi connectivity index (χ3v) is 3.10. The van der Waals surface area contributed by atoms with Crippen LogP contribution in [-0.4, -0.2) is 17.1 Å². The number of halogens is 4. The van der Waals surface area contributed by atoms with Crippen LogP contribution in [-0.2, 0) is 6.42 Å². The fourth-order valence-electron chi connectivity index (χ4n) is 1.77. The number of hydrogen-bond donors (Lipinski definition) is 1. The fraction of sp³-hybridized carbons (Fsp3) is 0.143. The van der Waals surface area contributed by atoms with Crippen molar-refractivity contribution in [3.63, 3.8) is 0 Å². The highest BCUT2D eigenvalue weighted by atomic mass is 79.9. The SMILES string of the molecule is O=C(Nc1ccccn1)c1ccc(Br)cc1CC(F)(F)F. The molecule has 1 heterocycles. The van der Waals surface area contributed by atoms with Crippen LogP contribution in [0.1, 0.15) is 15.9 Å². The van der Waals surface area contributed by atoms with Crippen LogP contribution in [0.2, 0.25) is 0 Å². The van der Waals surface area contributed by atoms with Gasteiger partial charge in [-0.05, 0) is 35.9 Å². The lowest BCUT2D eigenvalue weighted by atomic mass is 10.0. The van der Waals surface area contributed by atoms with Crippen molar-refractivity contribution in [2.45, 2.75) is 12.6 Å². The van der Waals surface area contributed by atoms with Gasteiger partial charge in [0.1, 0.15) is 5.82 Å². The molecule has 0 fully saturated rings. The quantitative estimate of drug-likeness (QED) is 0.893. The number of benzene rings is 1. The van der Waals surface area contributed by atoms with Gasteiger partial charge in [-0.1, -0.05) is 22.0 Å². The Morgan fingerprint density at radius 1 is 1.24 bits per heavy atom. The number of rotatable bonds is 3. The van der Waals surface area contributed by atoms with E-state index in [0.29, 0.717) is 4.47 Å². The van der Waals surface area contributed by atoms with Crippen LogP contribution < -0.4 is 5.32 Å². The summed E-state index contributed by atoms with van der Waals surface area (Å²) in [5, 5.41) is 2.47. The lowest BCUT2D eigenvalue weighted by molar-refractivity contribution is -0.127. The molecule has 21 heavy (non-hydrogen) atoms. The highest BCUT2D eigenvalue weighted by Gasteiger charge is 2.30. The first kappa shape index (κ1) is 15.5. The summed E-state index contributed by atoms with van der Waals surface area (Å²) in [5.74, 6) is -0.344. The summed E-state index contributed by atoms with van der Waals surface area (Å²) in [6, 6.07) is 9.06. The summed E-state index contributed by atoms with van der Waals surface area (Å²) in [6.45, 7) is 0. The van der Waals surface area contributed by atoms with Gasteiger partial charge in [0.25, 0.3) is 5.91 Å². The lowest BCUT2D eigenvalue weighted by Gasteiger charge is -2.12. The van der Waals surface area contributed by atoms with Crippen LogP contribution in [0.4, 0.5) is 19.0 Å². The van der Waals surface area contributed by atoms with Crippen LogP contribution in [0, 0.1) is 0 Å². The minimum Gasteiger partial charge on any atom is -0.307 e. The van der Waals surface area contributed by atoms with E-state index in [1.54, 1.807) is 18.2 Å². The van der Waals surface area contributed by atoms with Crippen LogP contribution in [0.25, 0.3) is 0 Å².